The van der Waals surface area contributed by atoms with Gasteiger partial charge >= 0.3 is 5.97 Å². The van der Waals surface area contributed by atoms with E-state index in [4.69, 9.17) is 14.5 Å². The maximum atomic E-state index is 13.0. The summed E-state index contributed by atoms with van der Waals surface area (Å²) >= 11 is 1.71. The molecule has 184 valence electrons. The zero-order chi connectivity index (χ0) is 24.0. The van der Waals surface area contributed by atoms with Gasteiger partial charge in [0.05, 0.1) is 27.4 Å². The van der Waals surface area contributed by atoms with Crippen molar-refractivity contribution in [1.29, 1.82) is 0 Å². The third-order valence-corrected chi connectivity index (χ3v) is 9.77. The highest BCUT2D eigenvalue weighted by Gasteiger charge is 2.66. The smallest absolute Gasteiger partial charge is 0.305 e. The number of Topliss-reactive ketones (excluding diaryl/α,β-unsaturated/α-hetero) is 1. The van der Waals surface area contributed by atoms with Crippen molar-refractivity contribution in [3.63, 3.8) is 0 Å². The molecule has 0 amide bonds. The molecule has 0 radical (unpaired) electrons. The molecule has 2 saturated heterocycles. The number of carbonyl (C=O) groups excluding carboxylic acids is 2. The third kappa shape index (κ3) is 4.32. The average Bonchev–Trinajstić information content (AvgIpc) is 3.17. The van der Waals surface area contributed by atoms with Gasteiger partial charge in [0.15, 0.2) is 0 Å². The summed E-state index contributed by atoms with van der Waals surface area (Å²) in [6.07, 6.45) is 9.27. The Labute approximate surface area is 206 Å². The molecule has 1 saturated carbocycles. The number of esters is 1. The van der Waals surface area contributed by atoms with E-state index in [0.717, 1.165) is 61.0 Å². The van der Waals surface area contributed by atoms with Crippen LogP contribution in [0.25, 0.3) is 10.2 Å². The summed E-state index contributed by atoms with van der Waals surface area (Å²) in [6.45, 7) is 6.83. The van der Waals surface area contributed by atoms with Gasteiger partial charge < -0.3 is 9.47 Å². The number of aromatic nitrogens is 1. The summed E-state index contributed by atoms with van der Waals surface area (Å²) in [4.78, 5) is 30.3. The molecule has 5 nitrogen and oxygen atoms in total. The molecule has 0 N–H and O–H groups in total. The van der Waals surface area contributed by atoms with E-state index in [2.05, 4.69) is 32.0 Å². The quantitative estimate of drug-likeness (QED) is 0.336. The number of fused-ring (bicyclic) bond motifs is 2. The summed E-state index contributed by atoms with van der Waals surface area (Å²) < 4.78 is 13.4. The van der Waals surface area contributed by atoms with Crippen molar-refractivity contribution in [2.45, 2.75) is 103 Å². The minimum atomic E-state index is -0.440. The minimum absolute atomic E-state index is 0.192. The largest absolute Gasteiger partial charge is 0.466 e. The molecule has 3 atom stereocenters. The van der Waals surface area contributed by atoms with Crippen LogP contribution in [0, 0.1) is 18.3 Å². The number of ketones is 1. The Morgan fingerprint density at radius 3 is 2.62 bits per heavy atom. The fraction of sp³-hybridized carbons (Fsp3) is 0.679. The molecule has 2 aliphatic heterocycles. The molecule has 1 aliphatic carbocycles. The SMILES string of the molecule is Cc1nc2cc(C34CCOC(=O)CCC5(CCC5)C(=O)CCC(C)CCCC3(C)O4)ccc2s1. The van der Waals surface area contributed by atoms with Crippen molar-refractivity contribution in [3.8, 4) is 0 Å². The lowest BCUT2D eigenvalue weighted by atomic mass is 9.62. The van der Waals surface area contributed by atoms with Crippen molar-refractivity contribution in [1.82, 2.24) is 4.98 Å². The standard InChI is InChI=1S/C28H37NO4S/c1-19-6-4-12-26(3)28(33-26,21-8-9-23-22(18-21)29-20(2)34-23)16-17-32-25(31)11-15-27(13-5-14-27)24(30)10-7-19/h8-9,18-19H,4-7,10-17H2,1-3H3. The van der Waals surface area contributed by atoms with E-state index in [-0.39, 0.29) is 17.0 Å². The molecule has 3 unspecified atom stereocenters. The second-order valence-electron chi connectivity index (χ2n) is 11.1. The summed E-state index contributed by atoms with van der Waals surface area (Å²) in [5, 5.41) is 1.06. The van der Waals surface area contributed by atoms with Crippen LogP contribution in [0.15, 0.2) is 18.2 Å². The highest BCUT2D eigenvalue weighted by atomic mass is 32.1. The molecule has 34 heavy (non-hydrogen) atoms. The van der Waals surface area contributed by atoms with Crippen LogP contribution in [0.5, 0.6) is 0 Å². The fourth-order valence-corrected chi connectivity index (χ4v) is 7.11. The first-order valence-electron chi connectivity index (χ1n) is 13.0. The van der Waals surface area contributed by atoms with Gasteiger partial charge in [0.1, 0.15) is 11.4 Å². The number of hydrogen-bond acceptors (Lipinski definition) is 6. The van der Waals surface area contributed by atoms with Gasteiger partial charge in [0.25, 0.3) is 0 Å². The number of ether oxygens (including phenoxy) is 2. The zero-order valence-corrected chi connectivity index (χ0v) is 21.6. The number of cyclic esters (lactones) is 1. The molecule has 0 bridgehead atoms. The highest BCUT2D eigenvalue weighted by Crippen LogP contribution is 2.61. The number of aryl methyl sites for hydroxylation is 1. The number of rotatable bonds is 1. The molecule has 5 rings (SSSR count). The molecule has 6 heteroatoms. The molecule has 3 aliphatic rings. The lowest BCUT2D eigenvalue weighted by Crippen LogP contribution is -2.38. The zero-order valence-electron chi connectivity index (χ0n) is 20.8. The summed E-state index contributed by atoms with van der Waals surface area (Å²) in [5.41, 5.74) is 1.17. The summed E-state index contributed by atoms with van der Waals surface area (Å²) in [6, 6.07) is 6.48. The van der Waals surface area contributed by atoms with E-state index in [1.165, 1.54) is 4.70 Å². The van der Waals surface area contributed by atoms with E-state index < -0.39 is 5.60 Å². The third-order valence-electron chi connectivity index (χ3n) is 8.81. The molecule has 2 aromatic rings. The Balaban J connectivity index is 1.35. The molecule has 1 spiro atoms. The number of benzene rings is 1. The monoisotopic (exact) mass is 483 g/mol. The van der Waals surface area contributed by atoms with Crippen LogP contribution in [0.4, 0.5) is 0 Å². The van der Waals surface area contributed by atoms with Crippen LogP contribution in [-0.4, -0.2) is 28.9 Å². The second kappa shape index (κ2) is 9.02. The number of thiazole rings is 1. The molecular formula is C28H37NO4S. The van der Waals surface area contributed by atoms with Crippen molar-refractivity contribution in [2.75, 3.05) is 6.61 Å². The van der Waals surface area contributed by atoms with Gasteiger partial charge in [-0.05, 0) is 69.6 Å². The Morgan fingerprint density at radius 2 is 1.85 bits per heavy atom. The van der Waals surface area contributed by atoms with Gasteiger partial charge in [0, 0.05) is 24.7 Å². The van der Waals surface area contributed by atoms with Crippen molar-refractivity contribution in [2.24, 2.45) is 11.3 Å². The summed E-state index contributed by atoms with van der Waals surface area (Å²) in [5.74, 6) is 0.697. The maximum Gasteiger partial charge on any atom is 0.305 e. The van der Waals surface area contributed by atoms with Crippen molar-refractivity contribution in [3.05, 3.63) is 28.8 Å². The van der Waals surface area contributed by atoms with Crippen LogP contribution in [-0.2, 0) is 24.7 Å². The average molecular weight is 484 g/mol. The molecule has 3 heterocycles. The van der Waals surface area contributed by atoms with Crippen LogP contribution < -0.4 is 0 Å². The number of epoxide rings is 1. The first-order chi connectivity index (χ1) is 16.3. The van der Waals surface area contributed by atoms with Crippen molar-refractivity contribution < 1.29 is 19.1 Å². The fourth-order valence-electron chi connectivity index (χ4n) is 6.30. The van der Waals surface area contributed by atoms with Crippen LogP contribution in [0.1, 0.15) is 95.0 Å². The Kier molecular flexibility index (Phi) is 6.34. The first-order valence-corrected chi connectivity index (χ1v) is 13.8. The second-order valence-corrected chi connectivity index (χ2v) is 12.4. The van der Waals surface area contributed by atoms with Gasteiger partial charge in [0.2, 0.25) is 0 Å². The van der Waals surface area contributed by atoms with Crippen LogP contribution in [0.2, 0.25) is 0 Å². The van der Waals surface area contributed by atoms with E-state index in [1.807, 2.05) is 6.92 Å². The number of nitrogens with zero attached hydrogens (tertiary/aromatic N) is 1. The highest BCUT2D eigenvalue weighted by molar-refractivity contribution is 7.18. The van der Waals surface area contributed by atoms with Gasteiger partial charge in [-0.3, -0.25) is 9.59 Å². The lowest BCUT2D eigenvalue weighted by molar-refractivity contribution is -0.146. The van der Waals surface area contributed by atoms with E-state index >= 15 is 0 Å². The van der Waals surface area contributed by atoms with Crippen molar-refractivity contribution >= 4 is 33.3 Å². The van der Waals surface area contributed by atoms with Gasteiger partial charge in [-0.15, -0.1) is 11.3 Å². The molecule has 1 aromatic heterocycles. The van der Waals surface area contributed by atoms with Gasteiger partial charge in [-0.2, -0.15) is 0 Å². The normalized spacial score (nSPS) is 32.7. The molecule has 3 fully saturated rings. The topological polar surface area (TPSA) is 68.8 Å². The summed E-state index contributed by atoms with van der Waals surface area (Å²) in [7, 11) is 0. The van der Waals surface area contributed by atoms with Crippen LogP contribution >= 0.6 is 11.3 Å². The van der Waals surface area contributed by atoms with E-state index in [1.54, 1.807) is 11.3 Å². The van der Waals surface area contributed by atoms with E-state index in [0.29, 0.717) is 44.0 Å². The Hall–Kier alpha value is -1.79. The lowest BCUT2D eigenvalue weighted by Gasteiger charge is -2.40. The number of hydrogen-bond donors (Lipinski definition) is 0. The predicted octanol–water partition coefficient (Wildman–Crippen LogP) is 6.64. The Morgan fingerprint density at radius 1 is 1.03 bits per heavy atom. The Bertz CT molecular complexity index is 1090. The minimum Gasteiger partial charge on any atom is -0.466 e. The predicted molar refractivity (Wildman–Crippen MR) is 134 cm³/mol. The van der Waals surface area contributed by atoms with E-state index in [9.17, 15) is 9.59 Å². The molecular weight excluding hydrogens is 446 g/mol. The first kappa shape index (κ1) is 23.9. The number of carbonyl (C=O) groups is 2. The van der Waals surface area contributed by atoms with Gasteiger partial charge in [-0.1, -0.05) is 32.3 Å². The molecule has 1 aromatic carbocycles. The maximum absolute atomic E-state index is 13.0. The van der Waals surface area contributed by atoms with Crippen LogP contribution in [0.3, 0.4) is 0 Å². The van der Waals surface area contributed by atoms with Gasteiger partial charge in [-0.25, -0.2) is 4.98 Å².